The maximum atomic E-state index is 12.3. The summed E-state index contributed by atoms with van der Waals surface area (Å²) in [6.07, 6.45) is 3.98. The number of amides is 1. The highest BCUT2D eigenvalue weighted by molar-refractivity contribution is 5.79. The van der Waals surface area contributed by atoms with Gasteiger partial charge in [-0.25, -0.2) is 0 Å². The summed E-state index contributed by atoms with van der Waals surface area (Å²) < 4.78 is 0. The Bertz CT molecular complexity index is 267. The van der Waals surface area contributed by atoms with Gasteiger partial charge in [-0.15, -0.1) is 0 Å². The number of aliphatic hydroxyl groups is 1. The molecule has 0 aromatic heterocycles. The van der Waals surface area contributed by atoms with Crippen molar-refractivity contribution in [1.29, 1.82) is 0 Å². The Morgan fingerprint density at radius 1 is 1.19 bits per heavy atom. The van der Waals surface area contributed by atoms with Crippen LogP contribution in [-0.4, -0.2) is 35.1 Å². The molecule has 1 aliphatic heterocycles. The number of carbonyl (C=O) groups is 1. The molecule has 1 N–H and O–H groups in total. The van der Waals surface area contributed by atoms with E-state index in [2.05, 4.69) is 6.92 Å². The highest BCUT2D eigenvalue weighted by Gasteiger charge is 2.35. The minimum Gasteiger partial charge on any atom is -0.393 e. The van der Waals surface area contributed by atoms with Crippen molar-refractivity contribution in [2.45, 2.75) is 45.6 Å². The third kappa shape index (κ3) is 2.24. The van der Waals surface area contributed by atoms with Gasteiger partial charge in [0.25, 0.3) is 0 Å². The van der Waals surface area contributed by atoms with Crippen LogP contribution in [0.3, 0.4) is 0 Å². The van der Waals surface area contributed by atoms with Gasteiger partial charge in [0, 0.05) is 19.0 Å². The summed E-state index contributed by atoms with van der Waals surface area (Å²) in [4.78, 5) is 14.3. The molecule has 1 saturated heterocycles. The summed E-state index contributed by atoms with van der Waals surface area (Å²) in [6, 6.07) is 0. The van der Waals surface area contributed by atoms with E-state index >= 15 is 0 Å². The van der Waals surface area contributed by atoms with Gasteiger partial charge in [-0.2, -0.15) is 0 Å². The maximum Gasteiger partial charge on any atom is 0.225 e. The fourth-order valence-corrected chi connectivity index (χ4v) is 3.08. The predicted octanol–water partition coefficient (Wildman–Crippen LogP) is 1.65. The Kier molecular flexibility index (Phi) is 3.53. The van der Waals surface area contributed by atoms with Crippen molar-refractivity contribution < 1.29 is 9.90 Å². The number of carbonyl (C=O) groups excluding carboxylic acids is 1. The number of piperidine rings is 1. The number of hydrogen-bond donors (Lipinski definition) is 1. The molecule has 16 heavy (non-hydrogen) atoms. The number of likely N-dealkylation sites (tertiary alicyclic amines) is 1. The van der Waals surface area contributed by atoms with Crippen LogP contribution in [0.4, 0.5) is 0 Å². The first kappa shape index (κ1) is 11.9. The van der Waals surface area contributed by atoms with Crippen LogP contribution in [0.25, 0.3) is 0 Å². The first-order valence-electron chi connectivity index (χ1n) is 6.56. The standard InChI is InChI=1S/C13H23NO2/c1-9-4-3-5-11(9)13(16)14-7-6-12(15)10(2)8-14/h9-12,15H,3-8H2,1-2H3. The van der Waals surface area contributed by atoms with Crippen LogP contribution in [0.2, 0.25) is 0 Å². The number of nitrogens with zero attached hydrogens (tertiary/aromatic N) is 1. The van der Waals surface area contributed by atoms with E-state index in [1.54, 1.807) is 0 Å². The van der Waals surface area contributed by atoms with Gasteiger partial charge in [0.05, 0.1) is 6.10 Å². The Morgan fingerprint density at radius 3 is 2.50 bits per heavy atom. The molecule has 0 aromatic rings. The molecule has 0 aromatic carbocycles. The molecule has 4 unspecified atom stereocenters. The molecule has 2 rings (SSSR count). The third-order valence-electron chi connectivity index (χ3n) is 4.35. The van der Waals surface area contributed by atoms with Gasteiger partial charge in [0.15, 0.2) is 0 Å². The van der Waals surface area contributed by atoms with Gasteiger partial charge in [-0.3, -0.25) is 4.79 Å². The second-order valence-corrected chi connectivity index (χ2v) is 5.63. The summed E-state index contributed by atoms with van der Waals surface area (Å²) in [7, 11) is 0. The SMILES string of the molecule is CC1CN(C(=O)C2CCCC2C)CCC1O. The van der Waals surface area contributed by atoms with Crippen LogP contribution in [0.1, 0.15) is 39.5 Å². The second kappa shape index (κ2) is 4.74. The molecule has 1 saturated carbocycles. The van der Waals surface area contributed by atoms with Gasteiger partial charge in [0.1, 0.15) is 0 Å². The van der Waals surface area contributed by atoms with Gasteiger partial charge in [0.2, 0.25) is 5.91 Å². The largest absolute Gasteiger partial charge is 0.393 e. The van der Waals surface area contributed by atoms with Crippen molar-refractivity contribution in [3.05, 3.63) is 0 Å². The Labute approximate surface area is 97.8 Å². The van der Waals surface area contributed by atoms with E-state index in [1.807, 2.05) is 11.8 Å². The monoisotopic (exact) mass is 225 g/mol. The summed E-state index contributed by atoms with van der Waals surface area (Å²) in [5, 5.41) is 9.66. The normalized spacial score (nSPS) is 40.1. The fourth-order valence-electron chi connectivity index (χ4n) is 3.08. The van der Waals surface area contributed by atoms with Crippen molar-refractivity contribution in [1.82, 2.24) is 4.90 Å². The second-order valence-electron chi connectivity index (χ2n) is 5.63. The Hall–Kier alpha value is -0.570. The molecular weight excluding hydrogens is 202 g/mol. The zero-order chi connectivity index (χ0) is 11.7. The van der Waals surface area contributed by atoms with Crippen LogP contribution in [-0.2, 0) is 4.79 Å². The molecule has 3 nitrogen and oxygen atoms in total. The molecule has 0 bridgehead atoms. The fraction of sp³-hybridized carbons (Fsp3) is 0.923. The highest BCUT2D eigenvalue weighted by atomic mass is 16.3. The molecule has 4 atom stereocenters. The van der Waals surface area contributed by atoms with Crippen molar-refractivity contribution in [3.8, 4) is 0 Å². The third-order valence-corrected chi connectivity index (χ3v) is 4.35. The summed E-state index contributed by atoms with van der Waals surface area (Å²) in [5.41, 5.74) is 0. The van der Waals surface area contributed by atoms with E-state index in [1.165, 1.54) is 12.8 Å². The molecule has 92 valence electrons. The summed E-state index contributed by atoms with van der Waals surface area (Å²) >= 11 is 0. The van der Waals surface area contributed by atoms with E-state index < -0.39 is 0 Å². The first-order chi connectivity index (χ1) is 7.59. The van der Waals surface area contributed by atoms with Crippen LogP contribution in [0.5, 0.6) is 0 Å². The molecule has 0 radical (unpaired) electrons. The number of aliphatic hydroxyl groups excluding tert-OH is 1. The molecule has 2 fully saturated rings. The van der Waals surface area contributed by atoms with E-state index in [4.69, 9.17) is 0 Å². The van der Waals surface area contributed by atoms with Crippen LogP contribution in [0, 0.1) is 17.8 Å². The number of rotatable bonds is 1. The van der Waals surface area contributed by atoms with Crippen LogP contribution < -0.4 is 0 Å². The molecule has 1 amide bonds. The molecular formula is C13H23NO2. The van der Waals surface area contributed by atoms with Crippen LogP contribution in [0.15, 0.2) is 0 Å². The topological polar surface area (TPSA) is 40.5 Å². The molecule has 3 heteroatoms. The van der Waals surface area contributed by atoms with Crippen molar-refractivity contribution in [3.63, 3.8) is 0 Å². The van der Waals surface area contributed by atoms with Crippen molar-refractivity contribution >= 4 is 5.91 Å². The molecule has 1 aliphatic carbocycles. The summed E-state index contributed by atoms with van der Waals surface area (Å²) in [6.45, 7) is 5.71. The number of hydrogen-bond acceptors (Lipinski definition) is 2. The predicted molar refractivity (Wildman–Crippen MR) is 62.9 cm³/mol. The minimum absolute atomic E-state index is 0.218. The Balaban J connectivity index is 1.95. The lowest BCUT2D eigenvalue weighted by Gasteiger charge is -2.36. The van der Waals surface area contributed by atoms with Gasteiger partial charge in [-0.05, 0) is 31.1 Å². The minimum atomic E-state index is -0.218. The molecule has 1 heterocycles. The van der Waals surface area contributed by atoms with Gasteiger partial charge >= 0.3 is 0 Å². The zero-order valence-corrected chi connectivity index (χ0v) is 10.4. The van der Waals surface area contributed by atoms with Gasteiger partial charge < -0.3 is 10.0 Å². The van der Waals surface area contributed by atoms with E-state index in [0.29, 0.717) is 11.8 Å². The van der Waals surface area contributed by atoms with E-state index in [0.717, 1.165) is 25.9 Å². The van der Waals surface area contributed by atoms with E-state index in [-0.39, 0.29) is 17.9 Å². The summed E-state index contributed by atoms with van der Waals surface area (Å²) in [5.74, 6) is 1.37. The average molecular weight is 225 g/mol. The highest BCUT2D eigenvalue weighted by Crippen LogP contribution is 2.33. The zero-order valence-electron chi connectivity index (χ0n) is 10.4. The quantitative estimate of drug-likeness (QED) is 0.737. The molecule has 0 spiro atoms. The first-order valence-corrected chi connectivity index (χ1v) is 6.56. The Morgan fingerprint density at radius 2 is 1.94 bits per heavy atom. The lowest BCUT2D eigenvalue weighted by Crippen LogP contribution is -2.47. The van der Waals surface area contributed by atoms with Crippen LogP contribution >= 0.6 is 0 Å². The molecule has 2 aliphatic rings. The average Bonchev–Trinajstić information content (AvgIpc) is 2.67. The lowest BCUT2D eigenvalue weighted by atomic mass is 9.92. The maximum absolute atomic E-state index is 12.3. The smallest absolute Gasteiger partial charge is 0.225 e. The van der Waals surface area contributed by atoms with Crippen molar-refractivity contribution in [2.75, 3.05) is 13.1 Å². The lowest BCUT2D eigenvalue weighted by molar-refractivity contribution is -0.140. The van der Waals surface area contributed by atoms with Crippen molar-refractivity contribution in [2.24, 2.45) is 17.8 Å². The van der Waals surface area contributed by atoms with Gasteiger partial charge in [-0.1, -0.05) is 20.3 Å². The van der Waals surface area contributed by atoms with E-state index in [9.17, 15) is 9.90 Å².